The van der Waals surface area contributed by atoms with Gasteiger partial charge in [0.2, 0.25) is 11.6 Å². The third-order valence-electron chi connectivity index (χ3n) is 11.6. The Hall–Kier alpha value is -6.60. The van der Waals surface area contributed by atoms with Crippen molar-refractivity contribution in [2.45, 2.75) is 52.4 Å². The van der Waals surface area contributed by atoms with Crippen LogP contribution >= 0.6 is 0 Å². The molecule has 0 N–H and O–H groups in total. The molecule has 0 spiro atoms. The van der Waals surface area contributed by atoms with Crippen molar-refractivity contribution >= 4 is 46.4 Å². The smallest absolute Gasteiger partial charge is 0.657 e. The third kappa shape index (κ3) is 7.90. The number of nitrogens with zero attached hydrogens (tertiary/aromatic N) is 4. The van der Waals surface area contributed by atoms with Crippen molar-refractivity contribution in [3.8, 4) is 44.5 Å². The van der Waals surface area contributed by atoms with Crippen molar-refractivity contribution < 1.29 is 63.4 Å². The van der Waals surface area contributed by atoms with E-state index >= 15 is 35.1 Å². The molecule has 9 rings (SSSR count). The first-order valence-electron chi connectivity index (χ1n) is 20.5. The van der Waals surface area contributed by atoms with Gasteiger partial charge in [-0.15, -0.1) is 22.1 Å². The van der Waals surface area contributed by atoms with Crippen molar-refractivity contribution in [2.75, 3.05) is 0 Å². The van der Waals surface area contributed by atoms with Crippen molar-refractivity contribution in [1.82, 2.24) is 19.9 Å². The molecule has 0 aliphatic carbocycles. The molecule has 5 heterocycles. The minimum atomic E-state index is -2.36. The van der Waals surface area contributed by atoms with Crippen molar-refractivity contribution in [2.24, 2.45) is 0 Å². The van der Waals surface area contributed by atoms with Crippen molar-refractivity contribution in [1.29, 1.82) is 0 Å². The van der Waals surface area contributed by atoms with Crippen LogP contribution in [0.25, 0.3) is 90.9 Å². The fourth-order valence-corrected chi connectivity index (χ4v) is 8.11. The molecule has 0 fully saturated rings. The fraction of sp³-hybridized carbons (Fsp3) is 0.154. The number of rotatable bonds is 4. The van der Waals surface area contributed by atoms with E-state index in [1.807, 2.05) is 65.8 Å². The van der Waals surface area contributed by atoms with Gasteiger partial charge in [0, 0.05) is 0 Å². The van der Waals surface area contributed by atoms with Crippen LogP contribution in [0, 0.1) is 58.2 Å². The van der Waals surface area contributed by atoms with E-state index in [0.717, 1.165) is 11.1 Å². The van der Waals surface area contributed by atoms with Crippen molar-refractivity contribution in [3.63, 3.8) is 0 Å². The molecule has 7 aromatic rings. The zero-order valence-electron chi connectivity index (χ0n) is 36.5. The van der Waals surface area contributed by atoms with Gasteiger partial charge < -0.3 is 9.97 Å². The summed E-state index contributed by atoms with van der Waals surface area (Å²) < 4.78 is 153. The first kappa shape index (κ1) is 46.9. The van der Waals surface area contributed by atoms with Gasteiger partial charge >= 0.3 is 19.5 Å². The Morgan fingerprint density at radius 1 is 0.313 bits per heavy atom. The summed E-state index contributed by atoms with van der Waals surface area (Å²) in [4.78, 5) is 18.8. The predicted molar refractivity (Wildman–Crippen MR) is 236 cm³/mol. The molecule has 334 valence electrons. The fourth-order valence-electron chi connectivity index (χ4n) is 8.11. The normalized spacial score (nSPS) is 12.5. The molecule has 2 aliphatic rings. The van der Waals surface area contributed by atoms with Gasteiger partial charge in [0.05, 0.1) is 33.9 Å². The summed E-state index contributed by atoms with van der Waals surface area (Å²) in [6.07, 6.45) is 5.43. The van der Waals surface area contributed by atoms with E-state index in [4.69, 9.17) is 19.9 Å². The molecule has 4 nitrogen and oxygen atoms in total. The molecule has 0 saturated heterocycles. The van der Waals surface area contributed by atoms with E-state index in [1.54, 1.807) is 24.3 Å². The van der Waals surface area contributed by atoms with Crippen LogP contribution in [0.2, 0.25) is 0 Å². The SMILES string of the molecule is CC(C)(C)c1ccc(-c2c3nc(c(-c4c(F)c(F)c(F)c(F)c4F)c4ccc([n-]4)c(-c4ccc(C(C)(C)C)cc4)c4nc(c(-c5c(F)c(F)c(F)c(F)c5F)c5ccc2[n-]5)C=C4)C=C3)cc1.[Zn+2]. The van der Waals surface area contributed by atoms with Crippen LogP contribution < -0.4 is 9.97 Å². The monoisotopic (exact) mass is 968 g/mol. The second-order valence-electron chi connectivity index (χ2n) is 17.9. The minimum Gasteiger partial charge on any atom is -0.657 e. The predicted octanol–water partition coefficient (Wildman–Crippen LogP) is 14.6. The van der Waals surface area contributed by atoms with E-state index < -0.39 is 80.4 Å². The number of hydrogen-bond acceptors (Lipinski definition) is 2. The molecular formula is C52H34F10N4Zn. The zero-order valence-corrected chi connectivity index (χ0v) is 39.5. The number of hydrogen-bond donors (Lipinski definition) is 0. The summed E-state index contributed by atoms with van der Waals surface area (Å²) in [7, 11) is 0. The number of fused-ring (bicyclic) bond motifs is 8. The summed E-state index contributed by atoms with van der Waals surface area (Å²) >= 11 is 0. The van der Waals surface area contributed by atoms with Gasteiger partial charge in [-0.3, -0.25) is 0 Å². The van der Waals surface area contributed by atoms with Gasteiger partial charge in [-0.25, -0.2) is 53.9 Å². The van der Waals surface area contributed by atoms with E-state index in [-0.39, 0.29) is 86.3 Å². The van der Waals surface area contributed by atoms with Gasteiger partial charge in [-0.05, 0) is 79.6 Å². The molecule has 67 heavy (non-hydrogen) atoms. The Labute approximate surface area is 389 Å². The van der Waals surface area contributed by atoms with E-state index in [1.165, 1.54) is 48.6 Å². The molecule has 4 aromatic carbocycles. The Morgan fingerprint density at radius 3 is 0.821 bits per heavy atom. The van der Waals surface area contributed by atoms with Crippen LogP contribution in [0.4, 0.5) is 43.9 Å². The maximum atomic E-state index is 16.0. The summed E-state index contributed by atoms with van der Waals surface area (Å²) in [5, 5.41) is 0. The zero-order chi connectivity index (χ0) is 47.3. The quantitative estimate of drug-likeness (QED) is 0.0763. The second-order valence-corrected chi connectivity index (χ2v) is 17.9. The van der Waals surface area contributed by atoms with Crippen LogP contribution in [-0.2, 0) is 30.3 Å². The first-order chi connectivity index (χ1) is 31.1. The Morgan fingerprint density at radius 2 is 0.552 bits per heavy atom. The van der Waals surface area contributed by atoms with Crippen LogP contribution in [-0.4, -0.2) is 9.97 Å². The average molecular weight is 970 g/mol. The Bertz CT molecular complexity index is 3140. The maximum Gasteiger partial charge on any atom is 2.00 e. The van der Waals surface area contributed by atoms with Crippen LogP contribution in [0.15, 0.2) is 72.8 Å². The van der Waals surface area contributed by atoms with Crippen LogP contribution in [0.5, 0.6) is 0 Å². The first-order valence-corrected chi connectivity index (χ1v) is 20.5. The van der Waals surface area contributed by atoms with Gasteiger partial charge in [0.15, 0.2) is 46.5 Å². The van der Waals surface area contributed by atoms with Crippen LogP contribution in [0.1, 0.15) is 75.4 Å². The molecule has 0 radical (unpaired) electrons. The summed E-state index contributed by atoms with van der Waals surface area (Å²) in [5.41, 5.74) is -2.04. The van der Waals surface area contributed by atoms with E-state index in [0.29, 0.717) is 11.1 Å². The summed E-state index contributed by atoms with van der Waals surface area (Å²) in [6.45, 7) is 11.9. The Kier molecular flexibility index (Phi) is 11.9. The molecule has 3 aromatic heterocycles. The van der Waals surface area contributed by atoms with Gasteiger partial charge in [-0.1, -0.05) is 114 Å². The van der Waals surface area contributed by atoms with Gasteiger partial charge in [0.1, 0.15) is 0 Å². The van der Waals surface area contributed by atoms with Crippen LogP contribution in [0.3, 0.4) is 0 Å². The topological polar surface area (TPSA) is 54.0 Å². The number of halogens is 10. The van der Waals surface area contributed by atoms with E-state index in [9.17, 15) is 8.78 Å². The summed E-state index contributed by atoms with van der Waals surface area (Å²) in [6, 6.07) is 19.6. The standard InChI is InChI=1S/C52H34F10N4.Zn/c1-51(2,3)25-11-7-23(8-12-25)35-27-15-19-31(63-27)37(39-41(53)45(57)49(61)46(58)42(39)54)33-21-17-29(65-33)36(24-9-13-26(14-10-24)52(4,5)6)30-18-22-34(66-30)38(32-20-16-28(35)64-32)40-43(55)47(59)50(62)48(60)44(40)56;/h7-22H,1-6H3;/q-2;+2. The average Bonchev–Trinajstić information content (AvgIpc) is 4.14. The largest absolute Gasteiger partial charge is 2.00 e. The van der Waals surface area contributed by atoms with E-state index in [2.05, 4.69) is 0 Å². The third-order valence-corrected chi connectivity index (χ3v) is 11.6. The minimum absolute atomic E-state index is 0. The van der Waals surface area contributed by atoms with Gasteiger partial charge in [0.25, 0.3) is 0 Å². The number of benzene rings is 4. The number of aromatic nitrogens is 4. The molecule has 0 saturated carbocycles. The summed E-state index contributed by atoms with van der Waals surface area (Å²) in [5.74, 6) is -22.0. The molecule has 0 amide bonds. The van der Waals surface area contributed by atoms with Gasteiger partial charge in [-0.2, -0.15) is 0 Å². The van der Waals surface area contributed by atoms with Crippen molar-refractivity contribution in [3.05, 3.63) is 165 Å². The molecule has 2 aliphatic heterocycles. The maximum absolute atomic E-state index is 16.0. The molecular weight excluding hydrogens is 936 g/mol. The molecule has 0 atom stereocenters. The Balaban J connectivity index is 0.00000608. The molecule has 15 heteroatoms. The second kappa shape index (κ2) is 16.9. The molecule has 0 unspecified atom stereocenters. The molecule has 8 bridgehead atoms.